The van der Waals surface area contributed by atoms with Gasteiger partial charge < -0.3 is 9.80 Å². The molecule has 126 valence electrons. The summed E-state index contributed by atoms with van der Waals surface area (Å²) in [6.45, 7) is 2.92. The van der Waals surface area contributed by atoms with Crippen LogP contribution in [0.3, 0.4) is 0 Å². The van der Waals surface area contributed by atoms with Crippen LogP contribution >= 0.6 is 0 Å². The molecule has 2 heterocycles. The first-order valence-corrected chi connectivity index (χ1v) is 8.15. The predicted molar refractivity (Wildman–Crippen MR) is 89.9 cm³/mol. The van der Waals surface area contributed by atoms with E-state index in [9.17, 15) is 9.59 Å². The molecule has 2 amide bonds. The Morgan fingerprint density at radius 1 is 1.17 bits per heavy atom. The second-order valence-electron chi connectivity index (χ2n) is 6.14. The number of carbonyl (C=O) groups is 2. The van der Waals surface area contributed by atoms with Crippen LogP contribution < -0.4 is 0 Å². The van der Waals surface area contributed by atoms with E-state index >= 15 is 0 Å². The van der Waals surface area contributed by atoms with Crippen LogP contribution in [0.1, 0.15) is 18.2 Å². The normalized spacial score (nSPS) is 18.3. The van der Waals surface area contributed by atoms with Gasteiger partial charge >= 0.3 is 0 Å². The van der Waals surface area contributed by atoms with E-state index in [-0.39, 0.29) is 18.4 Å². The first kappa shape index (κ1) is 16.2. The average molecular weight is 326 g/mol. The maximum absolute atomic E-state index is 12.6. The Morgan fingerprint density at radius 2 is 1.92 bits per heavy atom. The topological polar surface area (TPSA) is 58.4 Å². The van der Waals surface area contributed by atoms with E-state index < -0.39 is 6.04 Å². The number of carbonyl (C=O) groups excluding carboxylic acids is 2. The van der Waals surface area contributed by atoms with Crippen molar-refractivity contribution in [1.82, 2.24) is 19.6 Å². The molecule has 1 saturated heterocycles. The van der Waals surface area contributed by atoms with Gasteiger partial charge in [-0.05, 0) is 25.0 Å². The van der Waals surface area contributed by atoms with E-state index in [2.05, 4.69) is 5.10 Å². The third-order valence-corrected chi connectivity index (χ3v) is 4.55. The molecule has 1 aromatic heterocycles. The molecular weight excluding hydrogens is 304 g/mol. The summed E-state index contributed by atoms with van der Waals surface area (Å²) >= 11 is 0. The van der Waals surface area contributed by atoms with E-state index in [1.807, 2.05) is 43.4 Å². The van der Waals surface area contributed by atoms with Crippen LogP contribution in [0.25, 0.3) is 0 Å². The van der Waals surface area contributed by atoms with E-state index in [0.29, 0.717) is 13.1 Å². The molecule has 1 fully saturated rings. The molecule has 6 heteroatoms. The molecule has 0 saturated carbocycles. The number of aryl methyl sites for hydroxylation is 1. The Bertz CT molecular complexity index is 726. The van der Waals surface area contributed by atoms with Crippen molar-refractivity contribution >= 4 is 11.8 Å². The van der Waals surface area contributed by atoms with Gasteiger partial charge in [0.1, 0.15) is 6.04 Å². The molecule has 1 aromatic carbocycles. The quantitative estimate of drug-likeness (QED) is 0.830. The summed E-state index contributed by atoms with van der Waals surface area (Å²) in [5.74, 6) is -0.0101. The molecule has 0 radical (unpaired) electrons. The van der Waals surface area contributed by atoms with Gasteiger partial charge in [0.2, 0.25) is 11.8 Å². The van der Waals surface area contributed by atoms with Gasteiger partial charge in [0.15, 0.2) is 0 Å². The van der Waals surface area contributed by atoms with Crippen molar-refractivity contribution in [3.05, 3.63) is 53.9 Å². The van der Waals surface area contributed by atoms with Crippen molar-refractivity contribution in [2.45, 2.75) is 25.9 Å². The minimum Gasteiger partial charge on any atom is -0.331 e. The fraction of sp³-hybridized carbons (Fsp3) is 0.389. The molecule has 3 rings (SSSR count). The van der Waals surface area contributed by atoms with Crippen molar-refractivity contribution in [2.24, 2.45) is 7.05 Å². The highest BCUT2D eigenvalue weighted by molar-refractivity contribution is 5.94. The van der Waals surface area contributed by atoms with Crippen LogP contribution in [-0.4, -0.2) is 50.5 Å². The molecule has 6 nitrogen and oxygen atoms in total. The molecule has 0 aliphatic carbocycles. The molecule has 2 aromatic rings. The minimum absolute atomic E-state index is 0.00713. The van der Waals surface area contributed by atoms with E-state index in [4.69, 9.17) is 0 Å². The zero-order chi connectivity index (χ0) is 17.1. The molecule has 0 unspecified atom stereocenters. The van der Waals surface area contributed by atoms with Gasteiger partial charge in [0, 0.05) is 19.8 Å². The predicted octanol–water partition coefficient (Wildman–Crippen LogP) is 1.22. The fourth-order valence-electron chi connectivity index (χ4n) is 3.00. The van der Waals surface area contributed by atoms with Crippen LogP contribution in [0.4, 0.5) is 0 Å². The molecular formula is C18H22N4O2. The lowest BCUT2D eigenvalue weighted by atomic mass is 10.1. The summed E-state index contributed by atoms with van der Waals surface area (Å²) in [5, 5.41) is 4.11. The summed E-state index contributed by atoms with van der Waals surface area (Å²) in [4.78, 5) is 28.4. The van der Waals surface area contributed by atoms with Gasteiger partial charge in [-0.1, -0.05) is 30.3 Å². The summed E-state index contributed by atoms with van der Waals surface area (Å²) < 4.78 is 1.73. The molecule has 1 aliphatic rings. The molecule has 1 atom stereocenters. The van der Waals surface area contributed by atoms with Crippen LogP contribution in [0.15, 0.2) is 42.6 Å². The summed E-state index contributed by atoms with van der Waals surface area (Å²) in [5.41, 5.74) is 2.09. The molecule has 24 heavy (non-hydrogen) atoms. The highest BCUT2D eigenvalue weighted by Crippen LogP contribution is 2.16. The van der Waals surface area contributed by atoms with Crippen molar-refractivity contribution in [1.29, 1.82) is 0 Å². The van der Waals surface area contributed by atoms with E-state index in [1.54, 1.807) is 27.6 Å². The van der Waals surface area contributed by atoms with E-state index in [1.165, 1.54) is 5.56 Å². The zero-order valence-electron chi connectivity index (χ0n) is 14.1. The number of piperazine rings is 1. The molecule has 0 N–H and O–H groups in total. The number of hydrogen-bond acceptors (Lipinski definition) is 3. The number of nitrogens with zero attached hydrogens (tertiary/aromatic N) is 4. The highest BCUT2D eigenvalue weighted by atomic mass is 16.2. The third-order valence-electron chi connectivity index (χ3n) is 4.55. The van der Waals surface area contributed by atoms with Gasteiger partial charge in [0.25, 0.3) is 0 Å². The van der Waals surface area contributed by atoms with Gasteiger partial charge in [0.05, 0.1) is 18.8 Å². The highest BCUT2D eigenvalue weighted by Gasteiger charge is 2.36. The van der Waals surface area contributed by atoms with Crippen molar-refractivity contribution in [3.63, 3.8) is 0 Å². The fourth-order valence-corrected chi connectivity index (χ4v) is 3.00. The maximum atomic E-state index is 12.6. The van der Waals surface area contributed by atoms with Crippen LogP contribution in [0, 0.1) is 0 Å². The van der Waals surface area contributed by atoms with E-state index in [0.717, 1.165) is 12.1 Å². The number of hydrogen-bond donors (Lipinski definition) is 0. The Morgan fingerprint density at radius 3 is 2.58 bits per heavy atom. The van der Waals surface area contributed by atoms with Crippen molar-refractivity contribution in [2.75, 3.05) is 13.1 Å². The average Bonchev–Trinajstić information content (AvgIpc) is 2.99. The minimum atomic E-state index is -0.447. The number of aromatic nitrogens is 2. The third kappa shape index (κ3) is 3.32. The molecule has 1 aliphatic heterocycles. The standard InChI is InChI=1S/C18H22N4O2/c1-14-18(24)21(11-9-15-6-4-3-5-7-15)13-17(23)22(14)12-16-8-10-19-20(16)2/h3-8,10,14H,9,11-13H2,1-2H3/t14-/m0/s1. The number of benzene rings is 1. The first-order valence-electron chi connectivity index (χ1n) is 8.15. The lowest BCUT2D eigenvalue weighted by Gasteiger charge is -2.38. The Hall–Kier alpha value is -2.63. The van der Waals surface area contributed by atoms with Gasteiger partial charge in [-0.3, -0.25) is 14.3 Å². The second-order valence-corrected chi connectivity index (χ2v) is 6.14. The van der Waals surface area contributed by atoms with Crippen LogP contribution in [0.5, 0.6) is 0 Å². The SMILES string of the molecule is C[C@H]1C(=O)N(CCc2ccccc2)CC(=O)N1Cc1ccnn1C. The lowest BCUT2D eigenvalue weighted by molar-refractivity contribution is -0.155. The molecule has 0 bridgehead atoms. The van der Waals surface area contributed by atoms with Crippen LogP contribution in [0.2, 0.25) is 0 Å². The number of rotatable bonds is 5. The Labute approximate surface area is 141 Å². The Kier molecular flexibility index (Phi) is 4.64. The first-order chi connectivity index (χ1) is 11.6. The van der Waals surface area contributed by atoms with Gasteiger partial charge in [-0.15, -0.1) is 0 Å². The number of amides is 2. The van der Waals surface area contributed by atoms with Crippen LogP contribution in [-0.2, 0) is 29.6 Å². The summed E-state index contributed by atoms with van der Waals surface area (Å²) in [6.07, 6.45) is 2.46. The van der Waals surface area contributed by atoms with Crippen molar-refractivity contribution in [3.8, 4) is 0 Å². The Balaban J connectivity index is 1.64. The monoisotopic (exact) mass is 326 g/mol. The second kappa shape index (κ2) is 6.86. The molecule has 0 spiro atoms. The smallest absolute Gasteiger partial charge is 0.245 e. The van der Waals surface area contributed by atoms with Gasteiger partial charge in [-0.2, -0.15) is 5.10 Å². The lowest BCUT2D eigenvalue weighted by Crippen LogP contribution is -2.58. The zero-order valence-corrected chi connectivity index (χ0v) is 14.1. The maximum Gasteiger partial charge on any atom is 0.245 e. The summed E-state index contributed by atoms with van der Waals surface area (Å²) in [7, 11) is 1.84. The summed E-state index contributed by atoms with van der Waals surface area (Å²) in [6, 6.07) is 11.4. The van der Waals surface area contributed by atoms with Gasteiger partial charge in [-0.25, -0.2) is 0 Å². The van der Waals surface area contributed by atoms with Crippen molar-refractivity contribution < 1.29 is 9.59 Å². The largest absolute Gasteiger partial charge is 0.331 e.